The molecule has 0 saturated heterocycles. The van der Waals surface area contributed by atoms with Crippen LogP contribution < -0.4 is 14.8 Å². The molecule has 0 unspecified atom stereocenters. The largest absolute Gasteiger partial charge is 0.490 e. The first-order valence-corrected chi connectivity index (χ1v) is 8.79. The summed E-state index contributed by atoms with van der Waals surface area (Å²) in [5.74, 6) is 0.586. The van der Waals surface area contributed by atoms with Gasteiger partial charge in [-0.3, -0.25) is 9.59 Å². The van der Waals surface area contributed by atoms with E-state index >= 15 is 0 Å². The molecule has 0 saturated carbocycles. The first-order chi connectivity index (χ1) is 13.1. The van der Waals surface area contributed by atoms with Crippen LogP contribution in [0.25, 0.3) is 10.8 Å². The lowest BCUT2D eigenvalue weighted by atomic mass is 10.1. The van der Waals surface area contributed by atoms with E-state index in [0.717, 1.165) is 22.7 Å². The lowest BCUT2D eigenvalue weighted by molar-refractivity contribution is -0.122. The number of hydrogen-bond donors (Lipinski definition) is 1. The zero-order valence-electron chi connectivity index (χ0n) is 15.3. The zero-order chi connectivity index (χ0) is 19.2. The van der Waals surface area contributed by atoms with Gasteiger partial charge in [0.05, 0.1) is 6.61 Å². The Bertz CT molecular complexity index is 962. The number of fused-ring (bicyclic) bond motifs is 1. The van der Waals surface area contributed by atoms with Crippen LogP contribution in [0, 0.1) is 0 Å². The number of carbonyl (C=O) groups is 2. The second kappa shape index (κ2) is 8.36. The second-order valence-electron chi connectivity index (χ2n) is 6.03. The number of carbonyl (C=O) groups excluding carboxylic acids is 2. The maximum absolute atomic E-state index is 12.6. The van der Waals surface area contributed by atoms with Gasteiger partial charge in [-0.05, 0) is 43.5 Å². The van der Waals surface area contributed by atoms with Crippen LogP contribution in [-0.4, -0.2) is 24.9 Å². The molecule has 5 nitrogen and oxygen atoms in total. The van der Waals surface area contributed by atoms with Crippen molar-refractivity contribution in [1.82, 2.24) is 0 Å². The molecule has 5 heteroatoms. The van der Waals surface area contributed by atoms with Crippen molar-refractivity contribution in [3.63, 3.8) is 0 Å². The van der Waals surface area contributed by atoms with Crippen molar-refractivity contribution in [1.29, 1.82) is 0 Å². The van der Waals surface area contributed by atoms with Crippen molar-refractivity contribution in [2.24, 2.45) is 0 Å². The van der Waals surface area contributed by atoms with E-state index in [0.29, 0.717) is 23.7 Å². The van der Waals surface area contributed by atoms with E-state index < -0.39 is 6.10 Å². The van der Waals surface area contributed by atoms with Gasteiger partial charge in [0.2, 0.25) is 0 Å². The molecule has 0 radical (unpaired) electrons. The van der Waals surface area contributed by atoms with Crippen LogP contribution >= 0.6 is 0 Å². The Morgan fingerprint density at radius 2 is 1.85 bits per heavy atom. The van der Waals surface area contributed by atoms with Gasteiger partial charge < -0.3 is 14.8 Å². The summed E-state index contributed by atoms with van der Waals surface area (Å²) < 4.78 is 11.3. The normalized spacial score (nSPS) is 11.6. The number of benzene rings is 3. The van der Waals surface area contributed by atoms with Crippen molar-refractivity contribution >= 4 is 28.7 Å². The summed E-state index contributed by atoms with van der Waals surface area (Å²) in [4.78, 5) is 23.6. The summed E-state index contributed by atoms with van der Waals surface area (Å²) in [7, 11) is 0. The van der Waals surface area contributed by atoms with Crippen LogP contribution in [0.2, 0.25) is 0 Å². The SMILES string of the molecule is CCOc1cc(C=O)ccc1O[C@@H](C)C(=O)Nc1cccc2ccccc12. The Kier molecular flexibility index (Phi) is 5.71. The summed E-state index contributed by atoms with van der Waals surface area (Å²) in [6.45, 7) is 3.94. The van der Waals surface area contributed by atoms with Crippen LogP contribution in [-0.2, 0) is 4.79 Å². The Hall–Kier alpha value is -3.34. The lowest BCUT2D eigenvalue weighted by Gasteiger charge is -2.18. The van der Waals surface area contributed by atoms with Crippen LogP contribution in [0.1, 0.15) is 24.2 Å². The van der Waals surface area contributed by atoms with Gasteiger partial charge >= 0.3 is 0 Å². The molecule has 0 fully saturated rings. The number of aldehydes is 1. The Labute approximate surface area is 157 Å². The third-order valence-corrected chi connectivity index (χ3v) is 4.12. The molecule has 1 atom stereocenters. The monoisotopic (exact) mass is 363 g/mol. The highest BCUT2D eigenvalue weighted by atomic mass is 16.5. The van der Waals surface area contributed by atoms with Gasteiger partial charge in [-0.2, -0.15) is 0 Å². The van der Waals surface area contributed by atoms with Gasteiger partial charge in [0.25, 0.3) is 5.91 Å². The van der Waals surface area contributed by atoms with Crippen molar-refractivity contribution in [2.75, 3.05) is 11.9 Å². The third-order valence-electron chi connectivity index (χ3n) is 4.12. The van der Waals surface area contributed by atoms with Crippen LogP contribution in [0.4, 0.5) is 5.69 Å². The molecule has 0 aliphatic heterocycles. The molecule has 3 aromatic carbocycles. The summed E-state index contributed by atoms with van der Waals surface area (Å²) in [5.41, 5.74) is 1.22. The molecular weight excluding hydrogens is 342 g/mol. The number of anilines is 1. The number of hydrogen-bond acceptors (Lipinski definition) is 4. The first-order valence-electron chi connectivity index (χ1n) is 8.79. The molecule has 0 spiro atoms. The Morgan fingerprint density at radius 3 is 2.63 bits per heavy atom. The molecule has 0 bridgehead atoms. The van der Waals surface area contributed by atoms with Gasteiger partial charge in [0.15, 0.2) is 17.6 Å². The summed E-state index contributed by atoms with van der Waals surface area (Å²) in [6, 6.07) is 18.5. The highest BCUT2D eigenvalue weighted by Gasteiger charge is 2.18. The van der Waals surface area contributed by atoms with Gasteiger partial charge in [0.1, 0.15) is 6.29 Å². The van der Waals surface area contributed by atoms with Crippen LogP contribution in [0.5, 0.6) is 11.5 Å². The van der Waals surface area contributed by atoms with E-state index in [1.54, 1.807) is 25.1 Å². The van der Waals surface area contributed by atoms with E-state index in [2.05, 4.69) is 5.32 Å². The fourth-order valence-corrected chi connectivity index (χ4v) is 2.78. The molecule has 1 N–H and O–H groups in total. The molecule has 0 aliphatic carbocycles. The molecule has 3 aromatic rings. The molecule has 0 aliphatic rings. The third kappa shape index (κ3) is 4.26. The topological polar surface area (TPSA) is 64.6 Å². The molecule has 1 amide bonds. The van der Waals surface area contributed by atoms with Gasteiger partial charge in [0, 0.05) is 16.6 Å². The van der Waals surface area contributed by atoms with E-state index in [9.17, 15) is 9.59 Å². The molecule has 27 heavy (non-hydrogen) atoms. The minimum absolute atomic E-state index is 0.270. The number of amides is 1. The van der Waals surface area contributed by atoms with Crippen LogP contribution in [0.3, 0.4) is 0 Å². The standard InChI is InChI=1S/C22H21NO4/c1-3-26-21-13-16(14-24)11-12-20(21)27-15(2)22(25)23-19-10-6-8-17-7-4-5-9-18(17)19/h4-15H,3H2,1-2H3,(H,23,25)/t15-/m0/s1. The average Bonchev–Trinajstić information content (AvgIpc) is 2.69. The fourth-order valence-electron chi connectivity index (χ4n) is 2.78. The Morgan fingerprint density at radius 1 is 1.07 bits per heavy atom. The van der Waals surface area contributed by atoms with Gasteiger partial charge in [-0.15, -0.1) is 0 Å². The fraction of sp³-hybridized carbons (Fsp3) is 0.182. The molecule has 0 aromatic heterocycles. The lowest BCUT2D eigenvalue weighted by Crippen LogP contribution is -2.30. The molecule has 3 rings (SSSR count). The minimum atomic E-state index is -0.745. The molecule has 138 valence electrons. The predicted octanol–water partition coefficient (Wildman–Crippen LogP) is 4.46. The van der Waals surface area contributed by atoms with Crippen molar-refractivity contribution < 1.29 is 19.1 Å². The minimum Gasteiger partial charge on any atom is -0.490 e. The quantitative estimate of drug-likeness (QED) is 0.630. The molecule has 0 heterocycles. The maximum atomic E-state index is 12.6. The van der Waals surface area contributed by atoms with E-state index in [-0.39, 0.29) is 5.91 Å². The predicted molar refractivity (Wildman–Crippen MR) is 106 cm³/mol. The first kappa shape index (κ1) is 18.5. The molecular formula is C22H21NO4. The second-order valence-corrected chi connectivity index (χ2v) is 6.03. The average molecular weight is 363 g/mol. The van der Waals surface area contributed by atoms with Gasteiger partial charge in [-0.1, -0.05) is 36.4 Å². The Balaban J connectivity index is 1.77. The number of rotatable bonds is 7. The zero-order valence-corrected chi connectivity index (χ0v) is 15.3. The summed E-state index contributed by atoms with van der Waals surface area (Å²) >= 11 is 0. The maximum Gasteiger partial charge on any atom is 0.265 e. The summed E-state index contributed by atoms with van der Waals surface area (Å²) in [6.07, 6.45) is -0.00610. The van der Waals surface area contributed by atoms with E-state index in [1.165, 1.54) is 0 Å². The number of ether oxygens (including phenoxy) is 2. The number of nitrogens with one attached hydrogen (secondary N) is 1. The van der Waals surface area contributed by atoms with Gasteiger partial charge in [-0.25, -0.2) is 0 Å². The van der Waals surface area contributed by atoms with Crippen molar-refractivity contribution in [3.05, 3.63) is 66.2 Å². The van der Waals surface area contributed by atoms with Crippen molar-refractivity contribution in [2.45, 2.75) is 20.0 Å². The van der Waals surface area contributed by atoms with Crippen LogP contribution in [0.15, 0.2) is 60.7 Å². The summed E-state index contributed by atoms with van der Waals surface area (Å²) in [5, 5.41) is 4.93. The van der Waals surface area contributed by atoms with Crippen molar-refractivity contribution in [3.8, 4) is 11.5 Å². The highest BCUT2D eigenvalue weighted by Crippen LogP contribution is 2.29. The van der Waals surface area contributed by atoms with E-state index in [1.807, 2.05) is 49.4 Å². The highest BCUT2D eigenvalue weighted by molar-refractivity contribution is 6.03. The van der Waals surface area contributed by atoms with E-state index in [4.69, 9.17) is 9.47 Å². The smallest absolute Gasteiger partial charge is 0.265 e.